The van der Waals surface area contributed by atoms with Crippen LogP contribution in [0.15, 0.2) is 47.4 Å². The Morgan fingerprint density at radius 1 is 1.00 bits per heavy atom. The predicted molar refractivity (Wildman–Crippen MR) is 172 cm³/mol. The fraction of sp³-hybridized carbons (Fsp3) is 0.441. The molecule has 3 atom stereocenters. The second-order valence-corrected chi connectivity index (χ2v) is 12.5. The third-order valence-electron chi connectivity index (χ3n) is 9.80. The highest BCUT2D eigenvalue weighted by Crippen LogP contribution is 2.49. The molecule has 3 heterocycles. The molecule has 0 bridgehead atoms. The van der Waals surface area contributed by atoms with Gasteiger partial charge in [-0.25, -0.2) is 9.78 Å². The summed E-state index contributed by atoms with van der Waals surface area (Å²) in [6.45, 7) is 4.31. The Kier molecular flexibility index (Phi) is 8.81. The van der Waals surface area contributed by atoms with Gasteiger partial charge in [0.05, 0.1) is 24.9 Å². The fourth-order valence-electron chi connectivity index (χ4n) is 7.47. The molecule has 12 heteroatoms. The molecule has 0 radical (unpaired) electrons. The van der Waals surface area contributed by atoms with E-state index in [1.165, 1.54) is 9.47 Å². The van der Waals surface area contributed by atoms with E-state index in [9.17, 15) is 24.3 Å². The number of hydrogen-bond acceptors (Lipinski definition) is 7. The molecule has 3 aromatic rings. The van der Waals surface area contributed by atoms with Crippen LogP contribution in [-0.2, 0) is 11.8 Å². The first-order valence-corrected chi connectivity index (χ1v) is 15.9. The van der Waals surface area contributed by atoms with Gasteiger partial charge in [0.2, 0.25) is 5.91 Å². The summed E-state index contributed by atoms with van der Waals surface area (Å²) in [5, 5.41) is 13.4. The van der Waals surface area contributed by atoms with Crippen molar-refractivity contribution < 1.29 is 24.2 Å². The molecule has 4 N–H and O–H groups in total. The summed E-state index contributed by atoms with van der Waals surface area (Å²) >= 11 is 0. The molecule has 1 aliphatic carbocycles. The van der Waals surface area contributed by atoms with Gasteiger partial charge in [0.15, 0.2) is 5.82 Å². The summed E-state index contributed by atoms with van der Waals surface area (Å²) in [7, 11) is 1.62. The second-order valence-electron chi connectivity index (χ2n) is 12.5. The van der Waals surface area contributed by atoms with Crippen LogP contribution < -0.4 is 16.6 Å². The van der Waals surface area contributed by atoms with Gasteiger partial charge in [0, 0.05) is 55.3 Å². The highest BCUT2D eigenvalue weighted by Gasteiger charge is 2.43. The molecule has 1 aromatic heterocycles. The van der Waals surface area contributed by atoms with Gasteiger partial charge in [-0.2, -0.15) is 0 Å². The van der Waals surface area contributed by atoms with E-state index in [1.54, 1.807) is 55.4 Å². The lowest BCUT2D eigenvalue weighted by atomic mass is 9.68. The molecular formula is C34H40N6O6. The number of nitrogens with one attached hydrogen (secondary N) is 1. The van der Waals surface area contributed by atoms with Crippen LogP contribution in [0.4, 0.5) is 16.3 Å². The Bertz CT molecular complexity index is 1710. The number of primary amides is 1. The monoisotopic (exact) mass is 628 g/mol. The van der Waals surface area contributed by atoms with E-state index in [4.69, 9.17) is 15.5 Å². The highest BCUT2D eigenvalue weighted by molar-refractivity contribution is 5.97. The molecule has 6 rings (SSSR count). The van der Waals surface area contributed by atoms with Crippen molar-refractivity contribution in [1.29, 1.82) is 0 Å². The quantitative estimate of drug-likeness (QED) is 0.364. The predicted octanol–water partition coefficient (Wildman–Crippen LogP) is 4.30. The van der Waals surface area contributed by atoms with Gasteiger partial charge in [0.1, 0.15) is 0 Å². The normalized spacial score (nSPS) is 21.4. The fourth-order valence-corrected chi connectivity index (χ4v) is 7.47. The largest absolute Gasteiger partial charge is 0.465 e. The van der Waals surface area contributed by atoms with Gasteiger partial charge in [-0.3, -0.25) is 14.4 Å². The van der Waals surface area contributed by atoms with Crippen molar-refractivity contribution in [2.24, 2.45) is 24.6 Å². The Labute approximate surface area is 267 Å². The molecule has 2 saturated heterocycles. The summed E-state index contributed by atoms with van der Waals surface area (Å²) in [6.07, 6.45) is 5.58. The van der Waals surface area contributed by atoms with Gasteiger partial charge in [-0.1, -0.05) is 25.3 Å². The van der Waals surface area contributed by atoms with E-state index in [2.05, 4.69) is 5.32 Å². The van der Waals surface area contributed by atoms with E-state index < -0.39 is 18.0 Å². The first kappa shape index (κ1) is 31.3. The number of fused-ring (bicyclic) bond motifs is 1. The van der Waals surface area contributed by atoms with Gasteiger partial charge >= 0.3 is 6.09 Å². The summed E-state index contributed by atoms with van der Waals surface area (Å²) in [5.74, 6) is -0.103. The first-order valence-electron chi connectivity index (χ1n) is 15.9. The molecule has 46 heavy (non-hydrogen) atoms. The van der Waals surface area contributed by atoms with Crippen LogP contribution in [0.3, 0.4) is 0 Å². The third-order valence-corrected chi connectivity index (χ3v) is 9.80. The Morgan fingerprint density at radius 2 is 1.72 bits per heavy atom. The zero-order chi connectivity index (χ0) is 32.5. The minimum atomic E-state index is -0.983. The van der Waals surface area contributed by atoms with E-state index in [0.717, 1.165) is 37.7 Å². The van der Waals surface area contributed by atoms with Crippen LogP contribution in [0.5, 0.6) is 0 Å². The van der Waals surface area contributed by atoms with Crippen LogP contribution in [0.1, 0.15) is 70.0 Å². The molecule has 12 nitrogen and oxygen atoms in total. The SMILES string of the molecule is Cc1c(C(N)=O)ccc(C2C3CCCCC3CCN2C(=O)O)c1-c1cn(C)c(=O)c(Nc2ccc(C(=O)N3CCOCC3)cc2)n1. The Balaban J connectivity index is 1.40. The maximum Gasteiger partial charge on any atom is 0.407 e. The Hall–Kier alpha value is -4.71. The minimum absolute atomic E-state index is 0.0522. The lowest BCUT2D eigenvalue weighted by Crippen LogP contribution is -2.47. The Morgan fingerprint density at radius 3 is 2.41 bits per heavy atom. The summed E-state index contributed by atoms with van der Waals surface area (Å²) < 4.78 is 6.76. The van der Waals surface area contributed by atoms with Crippen molar-refractivity contribution in [3.8, 4) is 11.3 Å². The number of nitrogens with two attached hydrogens (primary N) is 1. The number of carbonyl (C=O) groups excluding carboxylic acids is 2. The van der Waals surface area contributed by atoms with Gasteiger partial charge < -0.3 is 35.3 Å². The molecule has 2 aliphatic heterocycles. The van der Waals surface area contributed by atoms with Crippen LogP contribution in [0, 0.1) is 18.8 Å². The van der Waals surface area contributed by atoms with Crippen LogP contribution in [0.2, 0.25) is 0 Å². The lowest BCUT2D eigenvalue weighted by Gasteiger charge is -2.47. The molecule has 3 amide bonds. The molecule has 3 unspecified atom stereocenters. The molecule has 3 fully saturated rings. The number of nitrogens with zero attached hydrogens (tertiary/aromatic N) is 4. The average molecular weight is 629 g/mol. The summed E-state index contributed by atoms with van der Waals surface area (Å²) in [4.78, 5) is 59.3. The van der Waals surface area contributed by atoms with Crippen molar-refractivity contribution in [2.75, 3.05) is 38.2 Å². The summed E-state index contributed by atoms with van der Waals surface area (Å²) in [6, 6.07) is 9.91. The van der Waals surface area contributed by atoms with E-state index >= 15 is 0 Å². The second kappa shape index (κ2) is 13.0. The van der Waals surface area contributed by atoms with Gasteiger partial charge in [0.25, 0.3) is 11.5 Å². The minimum Gasteiger partial charge on any atom is -0.465 e. The molecular weight excluding hydrogens is 588 g/mol. The van der Waals surface area contributed by atoms with E-state index in [0.29, 0.717) is 72.4 Å². The molecule has 1 saturated carbocycles. The first-order chi connectivity index (χ1) is 22.1. The molecule has 2 aromatic carbocycles. The van der Waals surface area contributed by atoms with Crippen molar-refractivity contribution >= 4 is 29.4 Å². The third kappa shape index (κ3) is 5.96. The number of piperidine rings is 1. The number of hydrogen-bond donors (Lipinski definition) is 3. The van der Waals surface area contributed by atoms with Crippen molar-refractivity contribution in [3.63, 3.8) is 0 Å². The number of ether oxygens (including phenoxy) is 1. The topological polar surface area (TPSA) is 160 Å². The smallest absolute Gasteiger partial charge is 0.407 e. The molecule has 242 valence electrons. The number of aryl methyl sites for hydroxylation is 1. The number of carbonyl (C=O) groups is 3. The number of amides is 3. The van der Waals surface area contributed by atoms with Crippen molar-refractivity contribution in [3.05, 3.63) is 75.2 Å². The standard InChI is InChI=1S/C34H40N6O6/c1-20-24(30(35)41)11-12-26(29-25-6-4-3-5-21(25)13-14-40(29)34(44)45)28(20)27-19-38(2)33(43)31(37-27)36-23-9-7-22(8-10-23)32(42)39-15-17-46-18-16-39/h7-12,19,21,25,29H,3-6,13-18H2,1-2H3,(H2,35,41)(H,36,37)(H,44,45). The number of carboxylic acid groups (broad SMARTS) is 1. The average Bonchev–Trinajstić information content (AvgIpc) is 3.06. The van der Waals surface area contributed by atoms with Crippen LogP contribution in [0.25, 0.3) is 11.3 Å². The number of benzene rings is 2. The number of morpholine rings is 1. The highest BCUT2D eigenvalue weighted by atomic mass is 16.5. The number of rotatable bonds is 6. The van der Waals surface area contributed by atoms with Gasteiger partial charge in [-0.15, -0.1) is 0 Å². The lowest BCUT2D eigenvalue weighted by molar-refractivity contribution is 0.0274. The van der Waals surface area contributed by atoms with E-state index in [1.807, 2.05) is 6.07 Å². The molecule has 3 aliphatic rings. The van der Waals surface area contributed by atoms with Gasteiger partial charge in [-0.05, 0) is 73.1 Å². The maximum atomic E-state index is 13.3. The summed E-state index contributed by atoms with van der Waals surface area (Å²) in [5.41, 5.74) is 9.16. The zero-order valence-corrected chi connectivity index (χ0v) is 26.2. The number of anilines is 2. The molecule has 0 spiro atoms. The van der Waals surface area contributed by atoms with Crippen LogP contribution in [-0.4, -0.2) is 75.2 Å². The zero-order valence-electron chi connectivity index (χ0n) is 26.2. The number of aromatic nitrogens is 2. The van der Waals surface area contributed by atoms with Crippen LogP contribution >= 0.6 is 0 Å². The van der Waals surface area contributed by atoms with Crippen molar-refractivity contribution in [2.45, 2.75) is 45.1 Å². The number of likely N-dealkylation sites (tertiary alicyclic amines) is 1. The maximum absolute atomic E-state index is 13.3. The van der Waals surface area contributed by atoms with E-state index in [-0.39, 0.29) is 23.2 Å². The van der Waals surface area contributed by atoms with Crippen molar-refractivity contribution in [1.82, 2.24) is 19.4 Å².